The van der Waals surface area contributed by atoms with Gasteiger partial charge in [-0.15, -0.1) is 0 Å². The van der Waals surface area contributed by atoms with Crippen LogP contribution >= 0.6 is 0 Å². The van der Waals surface area contributed by atoms with E-state index < -0.39 is 0 Å². The number of rotatable bonds is 11. The fourth-order valence-electron chi connectivity index (χ4n) is 5.33. The monoisotopic (exact) mass is 564 g/mol. The third-order valence-corrected chi connectivity index (χ3v) is 7.98. The van der Waals surface area contributed by atoms with Gasteiger partial charge in [0.15, 0.2) is 0 Å². The predicted molar refractivity (Wildman–Crippen MR) is 175 cm³/mol. The highest BCUT2D eigenvalue weighted by atomic mass is 16.5. The number of hydrogen-bond acceptors (Lipinski definition) is 4. The molecule has 4 nitrogen and oxygen atoms in total. The SMILES string of the molecule is COc1cc(C(C)(C)C)ccc1CN[C@H](c1ccccc1)[C@H](NCc1ccc(C(C)(C)C)cc1OC)c1ccccc1. The molecule has 222 valence electrons. The summed E-state index contributed by atoms with van der Waals surface area (Å²) in [7, 11) is 3.51. The first-order valence-corrected chi connectivity index (χ1v) is 14.9. The standard InChI is InChI=1S/C38H48N2O2/c1-37(2,3)31-21-19-29(33(23-31)41-7)25-39-35(27-15-11-9-12-16-27)36(28-17-13-10-14-18-28)40-26-30-20-22-32(38(4,5)6)24-34(30)42-8/h9-24,35-36,39-40H,25-26H2,1-8H3/t35-,36-/m1/s1. The summed E-state index contributed by atoms with van der Waals surface area (Å²) in [4.78, 5) is 0. The number of hydrogen-bond donors (Lipinski definition) is 2. The lowest BCUT2D eigenvalue weighted by Gasteiger charge is -2.31. The normalized spacial score (nSPS) is 13.4. The van der Waals surface area contributed by atoms with Crippen molar-refractivity contribution in [2.45, 2.75) is 77.5 Å². The Hall–Kier alpha value is -3.60. The second-order valence-corrected chi connectivity index (χ2v) is 13.1. The van der Waals surface area contributed by atoms with Gasteiger partial charge < -0.3 is 20.1 Å². The zero-order valence-electron chi connectivity index (χ0n) is 26.6. The quantitative estimate of drug-likeness (QED) is 0.191. The smallest absolute Gasteiger partial charge is 0.123 e. The minimum atomic E-state index is 0.000409. The van der Waals surface area contributed by atoms with E-state index in [0.29, 0.717) is 13.1 Å². The zero-order chi connectivity index (χ0) is 30.3. The van der Waals surface area contributed by atoms with E-state index in [-0.39, 0.29) is 22.9 Å². The topological polar surface area (TPSA) is 42.5 Å². The molecule has 4 aromatic carbocycles. The Kier molecular flexibility index (Phi) is 10.1. The maximum absolute atomic E-state index is 5.86. The Morgan fingerprint density at radius 2 is 0.881 bits per heavy atom. The maximum Gasteiger partial charge on any atom is 0.123 e. The number of nitrogens with one attached hydrogen (secondary N) is 2. The Balaban J connectivity index is 1.67. The molecule has 0 heterocycles. The first-order chi connectivity index (χ1) is 20.0. The molecule has 0 unspecified atom stereocenters. The Morgan fingerprint density at radius 1 is 0.524 bits per heavy atom. The lowest BCUT2D eigenvalue weighted by Crippen LogP contribution is -2.35. The number of ether oxygens (including phenoxy) is 2. The molecule has 42 heavy (non-hydrogen) atoms. The molecule has 4 heteroatoms. The van der Waals surface area contributed by atoms with E-state index in [0.717, 1.165) is 22.6 Å². The molecular weight excluding hydrogens is 516 g/mol. The Morgan fingerprint density at radius 3 is 1.19 bits per heavy atom. The van der Waals surface area contributed by atoms with Gasteiger partial charge in [0.05, 0.1) is 26.3 Å². The van der Waals surface area contributed by atoms with Crippen molar-refractivity contribution in [2.75, 3.05) is 14.2 Å². The first-order valence-electron chi connectivity index (χ1n) is 14.9. The van der Waals surface area contributed by atoms with Gasteiger partial charge in [-0.25, -0.2) is 0 Å². The molecule has 0 bridgehead atoms. The van der Waals surface area contributed by atoms with E-state index >= 15 is 0 Å². The Bertz CT molecular complexity index is 1310. The van der Waals surface area contributed by atoms with Crippen molar-refractivity contribution in [3.8, 4) is 11.5 Å². The average molecular weight is 565 g/mol. The zero-order valence-corrected chi connectivity index (χ0v) is 26.6. The van der Waals surface area contributed by atoms with Gasteiger partial charge in [-0.05, 0) is 45.2 Å². The van der Waals surface area contributed by atoms with Crippen LogP contribution in [0.2, 0.25) is 0 Å². The minimum absolute atomic E-state index is 0.000409. The molecule has 0 saturated carbocycles. The highest BCUT2D eigenvalue weighted by molar-refractivity contribution is 5.42. The van der Waals surface area contributed by atoms with Crippen molar-refractivity contribution in [1.82, 2.24) is 10.6 Å². The summed E-state index contributed by atoms with van der Waals surface area (Å²) < 4.78 is 11.7. The fourth-order valence-corrected chi connectivity index (χ4v) is 5.33. The summed E-state index contributed by atoms with van der Waals surface area (Å²) in [5.41, 5.74) is 7.35. The van der Waals surface area contributed by atoms with Crippen molar-refractivity contribution in [3.63, 3.8) is 0 Å². The van der Waals surface area contributed by atoms with Gasteiger partial charge in [0.1, 0.15) is 11.5 Å². The summed E-state index contributed by atoms with van der Waals surface area (Å²) in [5, 5.41) is 7.81. The van der Waals surface area contributed by atoms with Crippen LogP contribution in [0.15, 0.2) is 97.1 Å². The van der Waals surface area contributed by atoms with E-state index in [9.17, 15) is 0 Å². The van der Waals surface area contributed by atoms with Crippen molar-refractivity contribution in [3.05, 3.63) is 130 Å². The average Bonchev–Trinajstić information content (AvgIpc) is 2.98. The van der Waals surface area contributed by atoms with Crippen molar-refractivity contribution in [1.29, 1.82) is 0 Å². The van der Waals surface area contributed by atoms with E-state index in [4.69, 9.17) is 9.47 Å². The maximum atomic E-state index is 5.86. The first kappa shape index (κ1) is 31.3. The van der Waals surface area contributed by atoms with Crippen LogP contribution in [-0.4, -0.2) is 14.2 Å². The molecule has 4 rings (SSSR count). The van der Waals surface area contributed by atoms with Crippen molar-refractivity contribution >= 4 is 0 Å². The second-order valence-electron chi connectivity index (χ2n) is 13.1. The van der Waals surface area contributed by atoms with Gasteiger partial charge in [-0.1, -0.05) is 126 Å². The van der Waals surface area contributed by atoms with Gasteiger partial charge in [-0.3, -0.25) is 0 Å². The molecule has 4 aromatic rings. The van der Waals surface area contributed by atoms with Crippen LogP contribution in [0.5, 0.6) is 11.5 Å². The summed E-state index contributed by atoms with van der Waals surface area (Å²) in [6, 6.07) is 34.6. The molecule has 0 aliphatic rings. The van der Waals surface area contributed by atoms with Crippen molar-refractivity contribution < 1.29 is 9.47 Å². The van der Waals surface area contributed by atoms with Gasteiger partial charge in [0.2, 0.25) is 0 Å². The molecule has 0 fully saturated rings. The third-order valence-electron chi connectivity index (χ3n) is 7.98. The van der Waals surface area contributed by atoms with E-state index in [1.807, 2.05) is 0 Å². The molecule has 0 aliphatic carbocycles. The summed E-state index contributed by atoms with van der Waals surface area (Å²) >= 11 is 0. The van der Waals surface area contributed by atoms with E-state index in [2.05, 4.69) is 149 Å². The van der Waals surface area contributed by atoms with Gasteiger partial charge in [0, 0.05) is 24.2 Å². The predicted octanol–water partition coefficient (Wildman–Crippen LogP) is 8.66. The van der Waals surface area contributed by atoms with E-state index in [1.54, 1.807) is 14.2 Å². The van der Waals surface area contributed by atoms with Crippen LogP contribution < -0.4 is 20.1 Å². The van der Waals surface area contributed by atoms with Crippen molar-refractivity contribution in [2.24, 2.45) is 0 Å². The van der Waals surface area contributed by atoms with Crippen LogP contribution in [0.25, 0.3) is 0 Å². The molecule has 2 N–H and O–H groups in total. The van der Waals surface area contributed by atoms with Gasteiger partial charge in [-0.2, -0.15) is 0 Å². The highest BCUT2D eigenvalue weighted by Gasteiger charge is 2.26. The van der Waals surface area contributed by atoms with E-state index in [1.165, 1.54) is 22.3 Å². The molecular formula is C38H48N2O2. The largest absolute Gasteiger partial charge is 0.496 e. The Labute approximate surface area is 253 Å². The van der Waals surface area contributed by atoms with Crippen LogP contribution in [0, 0.1) is 0 Å². The van der Waals surface area contributed by atoms with Crippen LogP contribution in [-0.2, 0) is 23.9 Å². The van der Waals surface area contributed by atoms with Gasteiger partial charge >= 0.3 is 0 Å². The molecule has 0 amide bonds. The molecule has 0 aromatic heterocycles. The summed E-state index contributed by atoms with van der Waals surface area (Å²) in [5.74, 6) is 1.82. The van der Waals surface area contributed by atoms with Crippen LogP contribution in [0.1, 0.15) is 87.0 Å². The summed E-state index contributed by atoms with van der Waals surface area (Å²) in [6.07, 6.45) is 0. The fraction of sp³-hybridized carbons (Fsp3) is 0.368. The molecule has 0 spiro atoms. The molecule has 2 atom stereocenters. The number of benzene rings is 4. The lowest BCUT2D eigenvalue weighted by molar-refractivity contribution is 0.365. The second kappa shape index (κ2) is 13.6. The third kappa shape index (κ3) is 7.81. The highest BCUT2D eigenvalue weighted by Crippen LogP contribution is 2.34. The van der Waals surface area contributed by atoms with Gasteiger partial charge in [0.25, 0.3) is 0 Å². The molecule has 0 saturated heterocycles. The molecule has 0 radical (unpaired) electrons. The number of methoxy groups -OCH3 is 2. The molecule has 0 aliphatic heterocycles. The van der Waals surface area contributed by atoms with Crippen LogP contribution in [0.3, 0.4) is 0 Å². The summed E-state index contributed by atoms with van der Waals surface area (Å²) in [6.45, 7) is 14.7. The minimum Gasteiger partial charge on any atom is -0.496 e. The lowest BCUT2D eigenvalue weighted by atomic mass is 9.86. The van der Waals surface area contributed by atoms with Crippen LogP contribution in [0.4, 0.5) is 0 Å².